The fourth-order valence-electron chi connectivity index (χ4n) is 6.82. The average Bonchev–Trinajstić information content (AvgIpc) is 3.76. The number of aromatic hydroxyl groups is 1. The predicted octanol–water partition coefficient (Wildman–Crippen LogP) is 12.7. The van der Waals surface area contributed by atoms with E-state index in [4.69, 9.17) is 18.8 Å². The average molecular weight is 694 g/mol. The minimum atomic E-state index is -0.183. The van der Waals surface area contributed by atoms with Crippen molar-refractivity contribution >= 4 is 44.9 Å². The Morgan fingerprint density at radius 2 is 1.40 bits per heavy atom. The van der Waals surface area contributed by atoms with Crippen LogP contribution in [0.1, 0.15) is 63.8 Å². The molecule has 260 valence electrons. The Labute approximate surface area is 308 Å². The Balaban J connectivity index is 1.32. The number of rotatable bonds is 5. The molecular formula is C47H39N3O3. The SMILES string of the molecule is CC(C)(C)c1ccc(O)c(C=Nc2ccccc2-c2nc3c(-c4ccc(-c5ccc(C#N)cc5)c5c4oc4ccccc45)cc(C(C)(C)C)cc3o2)c1. The van der Waals surface area contributed by atoms with E-state index < -0.39 is 0 Å². The molecule has 0 amide bonds. The molecule has 6 heteroatoms. The number of hydrogen-bond donors (Lipinski definition) is 1. The van der Waals surface area contributed by atoms with Gasteiger partial charge in [-0.1, -0.05) is 96.1 Å². The molecule has 0 atom stereocenters. The van der Waals surface area contributed by atoms with Crippen LogP contribution in [0, 0.1) is 11.3 Å². The quantitative estimate of drug-likeness (QED) is 0.181. The van der Waals surface area contributed by atoms with Crippen LogP contribution in [0.15, 0.2) is 129 Å². The van der Waals surface area contributed by atoms with E-state index >= 15 is 0 Å². The predicted molar refractivity (Wildman–Crippen MR) is 215 cm³/mol. The molecule has 0 saturated heterocycles. The first-order valence-electron chi connectivity index (χ1n) is 17.8. The van der Waals surface area contributed by atoms with Gasteiger partial charge in [-0.3, -0.25) is 4.99 Å². The van der Waals surface area contributed by atoms with Gasteiger partial charge in [0.1, 0.15) is 22.4 Å². The lowest BCUT2D eigenvalue weighted by atomic mass is 9.84. The molecule has 0 spiro atoms. The van der Waals surface area contributed by atoms with Crippen LogP contribution in [0.2, 0.25) is 0 Å². The second-order valence-corrected chi connectivity index (χ2v) is 15.6. The smallest absolute Gasteiger partial charge is 0.229 e. The van der Waals surface area contributed by atoms with Gasteiger partial charge in [-0.15, -0.1) is 0 Å². The number of para-hydroxylation sites is 2. The largest absolute Gasteiger partial charge is 0.507 e. The van der Waals surface area contributed by atoms with Crippen LogP contribution >= 0.6 is 0 Å². The molecule has 0 fully saturated rings. The molecule has 0 unspecified atom stereocenters. The number of aliphatic imine (C=N–C) groups is 1. The van der Waals surface area contributed by atoms with E-state index in [0.717, 1.165) is 66.4 Å². The maximum Gasteiger partial charge on any atom is 0.229 e. The second kappa shape index (κ2) is 12.6. The van der Waals surface area contributed by atoms with Gasteiger partial charge in [0.05, 0.1) is 22.9 Å². The normalized spacial score (nSPS) is 12.3. The first kappa shape index (κ1) is 33.7. The molecule has 8 rings (SSSR count). The first-order valence-corrected chi connectivity index (χ1v) is 17.8. The highest BCUT2D eigenvalue weighted by Crippen LogP contribution is 2.45. The Bertz CT molecular complexity index is 2760. The molecule has 0 aliphatic rings. The molecule has 6 aromatic carbocycles. The van der Waals surface area contributed by atoms with Gasteiger partial charge in [-0.2, -0.15) is 5.26 Å². The van der Waals surface area contributed by atoms with Crippen molar-refractivity contribution in [2.45, 2.75) is 52.4 Å². The third kappa shape index (κ3) is 6.15. The highest BCUT2D eigenvalue weighted by atomic mass is 16.3. The van der Waals surface area contributed by atoms with Crippen molar-refractivity contribution in [3.05, 3.63) is 138 Å². The van der Waals surface area contributed by atoms with Crippen molar-refractivity contribution in [1.82, 2.24) is 4.98 Å². The van der Waals surface area contributed by atoms with Gasteiger partial charge >= 0.3 is 0 Å². The number of oxazole rings is 1. The Morgan fingerprint density at radius 3 is 2.15 bits per heavy atom. The zero-order valence-electron chi connectivity index (χ0n) is 30.7. The Hall–Kier alpha value is -6.45. The minimum absolute atomic E-state index is 0.0755. The summed E-state index contributed by atoms with van der Waals surface area (Å²) in [5.74, 6) is 0.616. The highest BCUT2D eigenvalue weighted by Gasteiger charge is 2.25. The van der Waals surface area contributed by atoms with Gasteiger partial charge < -0.3 is 13.9 Å². The number of phenols is 1. The number of nitrogens with zero attached hydrogens (tertiary/aromatic N) is 3. The number of benzene rings is 6. The molecule has 0 aliphatic carbocycles. The molecule has 0 bridgehead atoms. The molecule has 0 aliphatic heterocycles. The van der Waals surface area contributed by atoms with Crippen molar-refractivity contribution in [1.29, 1.82) is 5.26 Å². The van der Waals surface area contributed by atoms with E-state index in [1.54, 1.807) is 12.3 Å². The monoisotopic (exact) mass is 693 g/mol. The summed E-state index contributed by atoms with van der Waals surface area (Å²) in [6, 6.07) is 39.9. The first-order chi connectivity index (χ1) is 25.4. The number of fused-ring (bicyclic) bond motifs is 4. The van der Waals surface area contributed by atoms with Crippen LogP contribution in [-0.2, 0) is 10.8 Å². The zero-order chi connectivity index (χ0) is 37.1. The molecule has 2 heterocycles. The number of hydrogen-bond acceptors (Lipinski definition) is 6. The molecular weight excluding hydrogens is 655 g/mol. The van der Waals surface area contributed by atoms with E-state index in [9.17, 15) is 10.4 Å². The number of aromatic nitrogens is 1. The second-order valence-electron chi connectivity index (χ2n) is 15.6. The summed E-state index contributed by atoms with van der Waals surface area (Å²) in [4.78, 5) is 10.0. The molecule has 2 aromatic heterocycles. The number of nitriles is 1. The third-order valence-corrected chi connectivity index (χ3v) is 9.87. The highest BCUT2D eigenvalue weighted by molar-refractivity contribution is 6.17. The standard InChI is InChI=1S/C47H39N3O3/c1-46(2,3)31-19-22-39(51)30(23-31)27-49-38-13-9-7-11-35(38)45-50-43-37(24-32(47(4,5)6)25-41(43)53-45)34-21-20-33(29-17-15-28(26-48)16-18-29)42-36-12-8-10-14-40(36)52-44(34)42/h7-25,27,51H,1-6H3. The summed E-state index contributed by atoms with van der Waals surface area (Å²) in [6.07, 6.45) is 1.70. The molecule has 6 nitrogen and oxygen atoms in total. The van der Waals surface area contributed by atoms with Gasteiger partial charge in [0, 0.05) is 33.7 Å². The fraction of sp³-hybridized carbons (Fsp3) is 0.170. The summed E-state index contributed by atoms with van der Waals surface area (Å²) in [7, 11) is 0. The van der Waals surface area contributed by atoms with Crippen molar-refractivity contribution in [2.75, 3.05) is 0 Å². The third-order valence-electron chi connectivity index (χ3n) is 9.87. The topological polar surface area (TPSA) is 95.6 Å². The summed E-state index contributed by atoms with van der Waals surface area (Å²) < 4.78 is 13.3. The molecule has 0 radical (unpaired) electrons. The van der Waals surface area contributed by atoms with Crippen LogP contribution < -0.4 is 0 Å². The maximum atomic E-state index is 10.7. The summed E-state index contributed by atoms with van der Waals surface area (Å²) >= 11 is 0. The lowest BCUT2D eigenvalue weighted by molar-refractivity contribution is 0.473. The minimum Gasteiger partial charge on any atom is -0.507 e. The van der Waals surface area contributed by atoms with E-state index in [2.05, 4.69) is 77.9 Å². The van der Waals surface area contributed by atoms with E-state index in [1.165, 1.54) is 0 Å². The Kier molecular flexibility index (Phi) is 8.04. The lowest BCUT2D eigenvalue weighted by Gasteiger charge is -2.20. The van der Waals surface area contributed by atoms with Crippen LogP contribution in [0.5, 0.6) is 5.75 Å². The molecule has 1 N–H and O–H groups in total. The lowest BCUT2D eigenvalue weighted by Crippen LogP contribution is -2.11. The van der Waals surface area contributed by atoms with Crippen LogP contribution in [0.3, 0.4) is 0 Å². The van der Waals surface area contributed by atoms with Gasteiger partial charge in [-0.25, -0.2) is 4.98 Å². The maximum absolute atomic E-state index is 10.7. The van der Waals surface area contributed by atoms with Gasteiger partial charge in [0.2, 0.25) is 5.89 Å². The van der Waals surface area contributed by atoms with Crippen molar-refractivity contribution in [3.8, 4) is 45.5 Å². The van der Waals surface area contributed by atoms with E-state index in [0.29, 0.717) is 28.3 Å². The molecule has 8 aromatic rings. The van der Waals surface area contributed by atoms with Gasteiger partial charge in [-0.05, 0) is 93.7 Å². The molecule has 0 saturated carbocycles. The van der Waals surface area contributed by atoms with Crippen molar-refractivity contribution in [3.63, 3.8) is 0 Å². The van der Waals surface area contributed by atoms with Crippen LogP contribution in [-0.4, -0.2) is 16.3 Å². The van der Waals surface area contributed by atoms with Crippen molar-refractivity contribution < 1.29 is 13.9 Å². The van der Waals surface area contributed by atoms with Crippen molar-refractivity contribution in [2.24, 2.45) is 4.99 Å². The fourth-order valence-corrected chi connectivity index (χ4v) is 6.82. The number of phenolic OH excluding ortho intramolecular Hbond substituents is 1. The van der Waals surface area contributed by atoms with Crippen LogP contribution in [0.25, 0.3) is 66.7 Å². The van der Waals surface area contributed by atoms with E-state index in [1.807, 2.05) is 78.9 Å². The Morgan fingerprint density at radius 1 is 0.679 bits per heavy atom. The van der Waals surface area contributed by atoms with Crippen LogP contribution in [0.4, 0.5) is 5.69 Å². The van der Waals surface area contributed by atoms with Gasteiger partial charge in [0.15, 0.2) is 5.58 Å². The summed E-state index contributed by atoms with van der Waals surface area (Å²) in [5, 5.41) is 22.1. The number of furan rings is 1. The van der Waals surface area contributed by atoms with E-state index in [-0.39, 0.29) is 16.6 Å². The zero-order valence-corrected chi connectivity index (χ0v) is 30.7. The molecule has 53 heavy (non-hydrogen) atoms. The van der Waals surface area contributed by atoms with Gasteiger partial charge in [0.25, 0.3) is 0 Å². The summed E-state index contributed by atoms with van der Waals surface area (Å²) in [5.41, 5.74) is 11.4. The summed E-state index contributed by atoms with van der Waals surface area (Å²) in [6.45, 7) is 13.0.